The molecule has 0 spiro atoms. The van der Waals surface area contributed by atoms with Gasteiger partial charge in [0.25, 0.3) is 11.8 Å². The lowest BCUT2D eigenvalue weighted by atomic mass is 9.96. The number of carbonyl (C=O) groups excluding carboxylic acids is 2. The number of hydrogen-bond acceptors (Lipinski definition) is 5. The van der Waals surface area contributed by atoms with Crippen LogP contribution in [0.3, 0.4) is 0 Å². The van der Waals surface area contributed by atoms with Gasteiger partial charge in [-0.05, 0) is 74.6 Å². The van der Waals surface area contributed by atoms with E-state index in [2.05, 4.69) is 20.5 Å². The normalized spacial score (nSPS) is 20.4. The minimum Gasteiger partial charge on any atom is -0.496 e. The van der Waals surface area contributed by atoms with Crippen molar-refractivity contribution in [1.82, 2.24) is 15.6 Å². The van der Waals surface area contributed by atoms with Crippen LogP contribution >= 0.6 is 0 Å². The highest BCUT2D eigenvalue weighted by atomic mass is 19.1. The van der Waals surface area contributed by atoms with Crippen LogP contribution in [0.25, 0.3) is 0 Å². The van der Waals surface area contributed by atoms with Gasteiger partial charge in [-0.1, -0.05) is 18.2 Å². The van der Waals surface area contributed by atoms with Crippen LogP contribution in [-0.2, 0) is 6.54 Å². The van der Waals surface area contributed by atoms with Crippen molar-refractivity contribution in [2.75, 3.05) is 12.0 Å². The van der Waals surface area contributed by atoms with Gasteiger partial charge in [-0.3, -0.25) is 9.59 Å². The molecule has 0 aliphatic carbocycles. The first kappa shape index (κ1) is 24.7. The summed E-state index contributed by atoms with van der Waals surface area (Å²) in [6.45, 7) is 2.15. The minimum absolute atomic E-state index is 0.0685. The van der Waals surface area contributed by atoms with E-state index in [-0.39, 0.29) is 42.3 Å². The van der Waals surface area contributed by atoms with Crippen LogP contribution in [0.5, 0.6) is 5.75 Å². The van der Waals surface area contributed by atoms with Crippen molar-refractivity contribution < 1.29 is 18.7 Å². The number of piperidine rings is 1. The van der Waals surface area contributed by atoms with Gasteiger partial charge >= 0.3 is 0 Å². The SMILES string of the molecule is COc1cccc(C(=O)NC2C[C@H]3CC[C@@H](C2)N3c2ccc(C(=O)NCc3cccc(F)c3)cn2)c1C. The van der Waals surface area contributed by atoms with Crippen molar-refractivity contribution in [2.24, 2.45) is 0 Å². The van der Waals surface area contributed by atoms with Crippen molar-refractivity contribution >= 4 is 17.6 Å². The predicted octanol–water partition coefficient (Wildman–Crippen LogP) is 4.40. The molecule has 0 radical (unpaired) electrons. The van der Waals surface area contributed by atoms with Gasteiger partial charge in [-0.2, -0.15) is 0 Å². The average molecular weight is 503 g/mol. The van der Waals surface area contributed by atoms with E-state index in [9.17, 15) is 14.0 Å². The zero-order valence-corrected chi connectivity index (χ0v) is 21.0. The van der Waals surface area contributed by atoms with Gasteiger partial charge < -0.3 is 20.3 Å². The van der Waals surface area contributed by atoms with Crippen LogP contribution in [0.15, 0.2) is 60.8 Å². The molecular weight excluding hydrogens is 471 g/mol. The second-order valence-corrected chi connectivity index (χ2v) is 9.78. The fraction of sp³-hybridized carbons (Fsp3) is 0.345. The lowest BCUT2D eigenvalue weighted by Crippen LogP contribution is -2.50. The summed E-state index contributed by atoms with van der Waals surface area (Å²) in [6, 6.07) is 16.0. The number of methoxy groups -OCH3 is 1. The van der Waals surface area contributed by atoms with Crippen LogP contribution in [0.2, 0.25) is 0 Å². The smallest absolute Gasteiger partial charge is 0.253 e. The van der Waals surface area contributed by atoms with E-state index in [4.69, 9.17) is 4.74 Å². The molecule has 3 aromatic rings. The molecule has 3 atom stereocenters. The third-order valence-corrected chi connectivity index (χ3v) is 7.43. The Balaban J connectivity index is 1.19. The molecule has 8 heteroatoms. The summed E-state index contributed by atoms with van der Waals surface area (Å²) < 4.78 is 18.7. The maximum absolute atomic E-state index is 13.4. The highest BCUT2D eigenvalue weighted by molar-refractivity contribution is 5.96. The molecule has 37 heavy (non-hydrogen) atoms. The molecule has 0 saturated carbocycles. The highest BCUT2D eigenvalue weighted by Crippen LogP contribution is 2.38. The summed E-state index contributed by atoms with van der Waals surface area (Å²) in [7, 11) is 1.61. The van der Waals surface area contributed by atoms with Gasteiger partial charge in [0, 0.05) is 42.0 Å². The number of rotatable bonds is 7. The molecule has 2 aliphatic rings. The number of fused-ring (bicyclic) bond motifs is 2. The summed E-state index contributed by atoms with van der Waals surface area (Å²) in [5.41, 5.74) is 2.64. The Morgan fingerprint density at radius 1 is 1.05 bits per heavy atom. The van der Waals surface area contributed by atoms with Crippen LogP contribution in [0.4, 0.5) is 10.2 Å². The first-order valence-corrected chi connectivity index (χ1v) is 12.6. The Morgan fingerprint density at radius 2 is 1.81 bits per heavy atom. The number of ether oxygens (including phenoxy) is 1. The Labute approximate surface area is 216 Å². The monoisotopic (exact) mass is 502 g/mol. The number of nitrogens with one attached hydrogen (secondary N) is 2. The zero-order valence-electron chi connectivity index (χ0n) is 21.0. The van der Waals surface area contributed by atoms with Crippen LogP contribution in [0, 0.1) is 12.7 Å². The molecule has 2 N–H and O–H groups in total. The third-order valence-electron chi connectivity index (χ3n) is 7.43. The number of anilines is 1. The third kappa shape index (κ3) is 5.28. The number of amides is 2. The first-order chi connectivity index (χ1) is 17.9. The molecule has 2 fully saturated rings. The lowest BCUT2D eigenvalue weighted by Gasteiger charge is -2.40. The summed E-state index contributed by atoms with van der Waals surface area (Å²) in [4.78, 5) is 32.5. The molecule has 192 valence electrons. The summed E-state index contributed by atoms with van der Waals surface area (Å²) in [6.07, 6.45) is 5.39. The molecule has 2 bridgehead atoms. The Kier molecular flexibility index (Phi) is 7.08. The fourth-order valence-electron chi connectivity index (χ4n) is 5.62. The van der Waals surface area contributed by atoms with Crippen molar-refractivity contribution in [3.63, 3.8) is 0 Å². The van der Waals surface area contributed by atoms with Gasteiger partial charge in [0.15, 0.2) is 0 Å². The second-order valence-electron chi connectivity index (χ2n) is 9.78. The standard InChI is InChI=1S/C29H31FN4O3/c1-18-25(7-4-8-26(18)37-2)29(36)33-22-14-23-10-11-24(15-22)34(23)27-12-9-20(17-31-27)28(35)32-16-19-5-3-6-21(30)13-19/h3-9,12-13,17,22-24H,10-11,14-16H2,1-2H3,(H,32,35)(H,33,36)/t22?,23-,24+. The van der Waals surface area contributed by atoms with Crippen molar-refractivity contribution in [1.29, 1.82) is 0 Å². The summed E-state index contributed by atoms with van der Waals surface area (Å²) >= 11 is 0. The Bertz CT molecular complexity index is 1280. The Morgan fingerprint density at radius 3 is 2.49 bits per heavy atom. The molecule has 7 nitrogen and oxygen atoms in total. The van der Waals surface area contributed by atoms with Crippen molar-refractivity contribution in [2.45, 2.75) is 57.3 Å². The first-order valence-electron chi connectivity index (χ1n) is 12.6. The molecular formula is C29H31FN4O3. The molecule has 1 aromatic heterocycles. The van der Waals surface area contributed by atoms with Crippen LogP contribution < -0.4 is 20.3 Å². The summed E-state index contributed by atoms with van der Waals surface area (Å²) in [5, 5.41) is 6.05. The Hall–Kier alpha value is -3.94. The number of halogens is 1. The van der Waals surface area contributed by atoms with E-state index >= 15 is 0 Å². The quantitative estimate of drug-likeness (QED) is 0.501. The molecule has 2 aliphatic heterocycles. The van der Waals surface area contributed by atoms with E-state index < -0.39 is 0 Å². The zero-order chi connectivity index (χ0) is 25.9. The minimum atomic E-state index is -0.328. The van der Waals surface area contributed by atoms with Crippen molar-refractivity contribution in [3.8, 4) is 5.75 Å². The van der Waals surface area contributed by atoms with Crippen LogP contribution in [-0.4, -0.2) is 42.0 Å². The number of nitrogens with zero attached hydrogens (tertiary/aromatic N) is 2. The molecule has 2 amide bonds. The van der Waals surface area contributed by atoms with E-state index in [1.165, 1.54) is 12.1 Å². The van der Waals surface area contributed by atoms with Gasteiger partial charge in [-0.25, -0.2) is 9.37 Å². The topological polar surface area (TPSA) is 83.6 Å². The highest BCUT2D eigenvalue weighted by Gasteiger charge is 2.42. The molecule has 1 unspecified atom stereocenters. The van der Waals surface area contributed by atoms with Gasteiger partial charge in [-0.15, -0.1) is 0 Å². The largest absolute Gasteiger partial charge is 0.496 e. The molecule has 2 saturated heterocycles. The fourth-order valence-corrected chi connectivity index (χ4v) is 5.62. The molecule has 3 heterocycles. The van der Waals surface area contributed by atoms with Crippen molar-refractivity contribution in [3.05, 3.63) is 88.9 Å². The number of carbonyl (C=O) groups is 2. The number of pyridine rings is 1. The van der Waals surface area contributed by atoms with E-state index in [1.807, 2.05) is 31.2 Å². The molecule has 2 aromatic carbocycles. The number of benzene rings is 2. The van der Waals surface area contributed by atoms with Gasteiger partial charge in [0.1, 0.15) is 17.4 Å². The van der Waals surface area contributed by atoms with Crippen LogP contribution in [0.1, 0.15) is 57.5 Å². The van der Waals surface area contributed by atoms with Gasteiger partial charge in [0.05, 0.1) is 12.7 Å². The maximum Gasteiger partial charge on any atom is 0.253 e. The maximum atomic E-state index is 13.4. The summed E-state index contributed by atoms with van der Waals surface area (Å²) in [5.74, 6) is 0.912. The number of aromatic nitrogens is 1. The lowest BCUT2D eigenvalue weighted by molar-refractivity contribution is 0.0923. The van der Waals surface area contributed by atoms with E-state index in [1.54, 1.807) is 31.5 Å². The van der Waals surface area contributed by atoms with Gasteiger partial charge in [0.2, 0.25) is 0 Å². The molecule has 5 rings (SSSR count). The number of hydrogen-bond donors (Lipinski definition) is 2. The second kappa shape index (κ2) is 10.6. The average Bonchev–Trinajstić information content (AvgIpc) is 3.17. The van der Waals surface area contributed by atoms with E-state index in [0.717, 1.165) is 37.1 Å². The van der Waals surface area contributed by atoms with E-state index in [0.29, 0.717) is 22.4 Å². The predicted molar refractivity (Wildman–Crippen MR) is 139 cm³/mol.